The Morgan fingerprint density at radius 2 is 1.75 bits per heavy atom. The number of benzene rings is 2. The molecule has 0 amide bonds. The fourth-order valence-electron chi connectivity index (χ4n) is 3.18. The van der Waals surface area contributed by atoms with Gasteiger partial charge in [0.25, 0.3) is 0 Å². The van der Waals surface area contributed by atoms with Gasteiger partial charge in [-0.3, -0.25) is 0 Å². The average molecular weight is 365 g/mol. The van der Waals surface area contributed by atoms with Crippen molar-refractivity contribution in [3.05, 3.63) is 53.1 Å². The Balaban J connectivity index is 1.68. The molecule has 1 aliphatic carbocycles. The summed E-state index contributed by atoms with van der Waals surface area (Å²) in [5.74, 6) is 0.259. The number of fused-ring (bicyclic) bond motifs is 1. The molecular weight excluding hydrogens is 352 g/mol. The van der Waals surface area contributed by atoms with E-state index in [1.807, 2.05) is 0 Å². The van der Waals surface area contributed by atoms with Gasteiger partial charge in [-0.05, 0) is 42.0 Å². The van der Waals surface area contributed by atoms with Crippen LogP contribution in [-0.4, -0.2) is 26.7 Å². The van der Waals surface area contributed by atoms with Crippen LogP contribution < -0.4 is 9.47 Å². The fraction of sp³-hybridized carbons (Fsp3) is 0.235. The Morgan fingerprint density at radius 3 is 2.46 bits per heavy atom. The molecule has 0 aromatic heterocycles. The Hall–Kier alpha value is -2.05. The highest BCUT2D eigenvalue weighted by atomic mass is 35.5. The third-order valence-corrected chi connectivity index (χ3v) is 6.95. The molecule has 7 heteroatoms. The van der Waals surface area contributed by atoms with Crippen LogP contribution in [-0.2, 0) is 14.6 Å². The highest BCUT2D eigenvalue weighted by Crippen LogP contribution is 2.54. The van der Waals surface area contributed by atoms with Crippen LogP contribution in [0.2, 0.25) is 5.02 Å². The van der Waals surface area contributed by atoms with Crippen LogP contribution in [0.5, 0.6) is 11.5 Å². The van der Waals surface area contributed by atoms with Gasteiger partial charge in [0.05, 0.1) is 10.1 Å². The van der Waals surface area contributed by atoms with Gasteiger partial charge in [0.2, 0.25) is 6.79 Å². The molecule has 1 aliphatic heterocycles. The van der Waals surface area contributed by atoms with E-state index in [1.54, 1.807) is 18.2 Å². The van der Waals surface area contributed by atoms with Crippen molar-refractivity contribution in [3.8, 4) is 11.5 Å². The zero-order valence-electron chi connectivity index (χ0n) is 12.4. The van der Waals surface area contributed by atoms with Crippen molar-refractivity contribution in [1.82, 2.24) is 0 Å². The summed E-state index contributed by atoms with van der Waals surface area (Å²) in [6.45, 7) is 0.146. The van der Waals surface area contributed by atoms with E-state index in [0.717, 1.165) is 5.56 Å². The number of halogens is 1. The molecular formula is C17H13ClO5S. The Labute approximate surface area is 144 Å². The van der Waals surface area contributed by atoms with E-state index in [4.69, 9.17) is 21.1 Å². The summed E-state index contributed by atoms with van der Waals surface area (Å²) in [4.78, 5) is 11.6. The Morgan fingerprint density at radius 1 is 1.04 bits per heavy atom. The van der Waals surface area contributed by atoms with Gasteiger partial charge in [0, 0.05) is 16.9 Å². The van der Waals surface area contributed by atoms with Gasteiger partial charge in [-0.2, -0.15) is 0 Å². The number of carbonyl (C=O) groups excluding carboxylic acids is 1. The second-order valence-corrected chi connectivity index (χ2v) is 8.36. The largest absolute Gasteiger partial charge is 0.454 e. The summed E-state index contributed by atoms with van der Waals surface area (Å²) >= 11 is 5.81. The molecule has 24 heavy (non-hydrogen) atoms. The first kappa shape index (κ1) is 15.5. The standard InChI is InChI=1S/C17H13ClO5S/c18-11-2-4-12(5-3-11)24(20,21)17-13(8-19)16(17)10-1-6-14-15(7-10)23-9-22-14/h1-8,13,16-17H,9H2/t13-,16+,17+/m0/s1. The van der Waals surface area contributed by atoms with Crippen LogP contribution in [0.1, 0.15) is 11.5 Å². The SMILES string of the molecule is O=C[C@H]1[C@@H](c2ccc3c(c2)OCO3)[C@@H]1S(=O)(=O)c1ccc(Cl)cc1. The molecule has 0 N–H and O–H groups in total. The maximum Gasteiger partial charge on any atom is 0.231 e. The summed E-state index contributed by atoms with van der Waals surface area (Å²) in [6.07, 6.45) is 0.716. The van der Waals surface area contributed by atoms with Crippen molar-refractivity contribution >= 4 is 27.7 Å². The summed E-state index contributed by atoms with van der Waals surface area (Å²) in [6, 6.07) is 11.3. The van der Waals surface area contributed by atoms with Gasteiger partial charge in [-0.1, -0.05) is 17.7 Å². The molecule has 2 aromatic rings. The van der Waals surface area contributed by atoms with Crippen LogP contribution in [0, 0.1) is 5.92 Å². The summed E-state index contributed by atoms with van der Waals surface area (Å²) in [5.41, 5.74) is 0.763. The van der Waals surface area contributed by atoms with Crippen molar-refractivity contribution in [3.63, 3.8) is 0 Å². The molecule has 0 saturated heterocycles. The van der Waals surface area contributed by atoms with Crippen LogP contribution in [0.3, 0.4) is 0 Å². The smallest absolute Gasteiger partial charge is 0.231 e. The molecule has 1 heterocycles. The van der Waals surface area contributed by atoms with Gasteiger partial charge >= 0.3 is 0 Å². The zero-order chi connectivity index (χ0) is 16.9. The van der Waals surface area contributed by atoms with Crippen molar-refractivity contribution in [2.75, 3.05) is 6.79 Å². The van der Waals surface area contributed by atoms with Gasteiger partial charge in [0.15, 0.2) is 21.3 Å². The average Bonchev–Trinajstić information content (AvgIpc) is 3.15. The third kappa shape index (κ3) is 2.37. The van der Waals surface area contributed by atoms with E-state index >= 15 is 0 Å². The summed E-state index contributed by atoms with van der Waals surface area (Å²) in [5, 5.41) is -0.305. The number of ether oxygens (including phenoxy) is 2. The highest BCUT2D eigenvalue weighted by Gasteiger charge is 2.59. The van der Waals surface area contributed by atoms with Crippen LogP contribution in [0.4, 0.5) is 0 Å². The van der Waals surface area contributed by atoms with Gasteiger partial charge in [-0.15, -0.1) is 0 Å². The third-order valence-electron chi connectivity index (χ3n) is 4.45. The molecule has 124 valence electrons. The lowest BCUT2D eigenvalue weighted by Crippen LogP contribution is -2.11. The van der Waals surface area contributed by atoms with Crippen LogP contribution in [0.25, 0.3) is 0 Å². The van der Waals surface area contributed by atoms with Crippen molar-refractivity contribution in [1.29, 1.82) is 0 Å². The predicted octanol–water partition coefficient (Wildman–Crippen LogP) is 2.82. The van der Waals surface area contributed by atoms with Gasteiger partial charge in [-0.25, -0.2) is 8.42 Å². The molecule has 0 spiro atoms. The number of hydrogen-bond donors (Lipinski definition) is 0. The van der Waals surface area contributed by atoms with Crippen LogP contribution >= 0.6 is 11.6 Å². The number of carbonyl (C=O) groups is 1. The quantitative estimate of drug-likeness (QED) is 0.780. The molecule has 0 radical (unpaired) electrons. The minimum Gasteiger partial charge on any atom is -0.454 e. The van der Waals surface area contributed by atoms with Crippen molar-refractivity contribution < 1.29 is 22.7 Å². The number of hydrogen-bond acceptors (Lipinski definition) is 5. The number of aldehydes is 1. The van der Waals surface area contributed by atoms with E-state index in [0.29, 0.717) is 22.8 Å². The molecule has 1 fully saturated rings. The molecule has 5 nitrogen and oxygen atoms in total. The first-order valence-electron chi connectivity index (χ1n) is 7.36. The monoisotopic (exact) mass is 364 g/mol. The normalized spacial score (nSPS) is 24.6. The first-order valence-corrected chi connectivity index (χ1v) is 9.29. The van der Waals surface area contributed by atoms with Crippen molar-refractivity contribution in [2.24, 2.45) is 5.92 Å². The van der Waals surface area contributed by atoms with Gasteiger partial charge in [0.1, 0.15) is 6.29 Å². The molecule has 3 atom stereocenters. The highest BCUT2D eigenvalue weighted by molar-refractivity contribution is 7.92. The first-order chi connectivity index (χ1) is 11.5. The Kier molecular flexibility index (Phi) is 3.54. The molecule has 0 bridgehead atoms. The van der Waals surface area contributed by atoms with Crippen LogP contribution in [0.15, 0.2) is 47.4 Å². The predicted molar refractivity (Wildman–Crippen MR) is 87.3 cm³/mol. The van der Waals surface area contributed by atoms with E-state index in [2.05, 4.69) is 0 Å². The zero-order valence-corrected chi connectivity index (χ0v) is 14.0. The second kappa shape index (κ2) is 5.50. The summed E-state index contributed by atoms with van der Waals surface area (Å²) < 4.78 is 36.3. The lowest BCUT2D eigenvalue weighted by Gasteiger charge is -2.05. The lowest BCUT2D eigenvalue weighted by atomic mass is 10.1. The summed E-state index contributed by atoms with van der Waals surface area (Å²) in [7, 11) is -3.62. The fourth-order valence-corrected chi connectivity index (χ4v) is 5.42. The topological polar surface area (TPSA) is 69.7 Å². The van der Waals surface area contributed by atoms with E-state index in [9.17, 15) is 13.2 Å². The van der Waals surface area contributed by atoms with E-state index in [1.165, 1.54) is 24.3 Å². The van der Waals surface area contributed by atoms with E-state index < -0.39 is 21.0 Å². The number of rotatable bonds is 4. The van der Waals surface area contributed by atoms with E-state index in [-0.39, 0.29) is 17.6 Å². The number of sulfone groups is 1. The minimum atomic E-state index is -3.62. The second-order valence-electron chi connectivity index (χ2n) is 5.82. The molecule has 2 aliphatic rings. The maximum absolute atomic E-state index is 12.8. The lowest BCUT2D eigenvalue weighted by molar-refractivity contribution is -0.108. The van der Waals surface area contributed by atoms with Gasteiger partial charge < -0.3 is 14.3 Å². The van der Waals surface area contributed by atoms with Crippen molar-refractivity contribution in [2.45, 2.75) is 16.1 Å². The molecule has 4 rings (SSSR count). The Bertz CT molecular complexity index is 907. The maximum atomic E-state index is 12.8. The molecule has 0 unspecified atom stereocenters. The molecule has 2 aromatic carbocycles. The minimum absolute atomic E-state index is 0.146. The molecule has 1 saturated carbocycles.